The molecule has 0 radical (unpaired) electrons. The molecule has 2 nitrogen and oxygen atoms in total. The van der Waals surface area contributed by atoms with E-state index >= 15 is 0 Å². The van der Waals surface area contributed by atoms with Gasteiger partial charge in [0.25, 0.3) is 0 Å². The molecule has 4 rings (SSSR count). The van der Waals surface area contributed by atoms with Crippen molar-refractivity contribution >= 4 is 11.8 Å². The van der Waals surface area contributed by atoms with E-state index in [1.165, 1.54) is 27.9 Å². The topological polar surface area (TPSA) is 17.8 Å². The van der Waals surface area contributed by atoms with Gasteiger partial charge in [0, 0.05) is 23.4 Å². The second-order valence-electron chi connectivity index (χ2n) is 6.19. The number of aromatic nitrogens is 2. The lowest BCUT2D eigenvalue weighted by Crippen LogP contribution is -1.97. The Morgan fingerprint density at radius 1 is 0.875 bits per heavy atom. The molecule has 2 aromatic carbocycles. The van der Waals surface area contributed by atoms with Crippen molar-refractivity contribution in [2.24, 2.45) is 0 Å². The molecule has 0 saturated heterocycles. The van der Waals surface area contributed by atoms with Crippen LogP contribution in [0.4, 0.5) is 0 Å². The lowest BCUT2D eigenvalue weighted by molar-refractivity contribution is 0.726. The van der Waals surface area contributed by atoms with Gasteiger partial charge >= 0.3 is 0 Å². The van der Waals surface area contributed by atoms with E-state index in [0.717, 1.165) is 36.0 Å². The van der Waals surface area contributed by atoms with Crippen molar-refractivity contribution in [3.05, 3.63) is 59.7 Å². The first-order valence-electron chi connectivity index (χ1n) is 8.72. The average molecular weight is 334 g/mol. The summed E-state index contributed by atoms with van der Waals surface area (Å²) in [6.07, 6.45) is 2.15. The number of fused-ring (bicyclic) bond motifs is 1. The van der Waals surface area contributed by atoms with Crippen LogP contribution in [0.25, 0.3) is 22.5 Å². The minimum absolute atomic E-state index is 1.05. The zero-order chi connectivity index (χ0) is 16.5. The molecule has 0 amide bonds. The van der Waals surface area contributed by atoms with Crippen molar-refractivity contribution < 1.29 is 0 Å². The van der Waals surface area contributed by atoms with Crippen molar-refractivity contribution in [3.63, 3.8) is 0 Å². The minimum atomic E-state index is 1.05. The molecule has 0 atom stereocenters. The Kier molecular flexibility index (Phi) is 4.19. The largest absolute Gasteiger partial charge is 0.318 e. The zero-order valence-electron chi connectivity index (χ0n) is 14.2. The number of benzene rings is 2. The monoisotopic (exact) mass is 334 g/mol. The molecule has 0 saturated carbocycles. The van der Waals surface area contributed by atoms with E-state index in [4.69, 9.17) is 4.98 Å². The smallest absolute Gasteiger partial charge is 0.169 e. The predicted octanol–water partition coefficient (Wildman–Crippen LogP) is 5.45. The third-order valence-corrected chi connectivity index (χ3v) is 5.71. The van der Waals surface area contributed by atoms with Gasteiger partial charge in [-0.05, 0) is 24.0 Å². The molecule has 0 aliphatic carbocycles. The highest BCUT2D eigenvalue weighted by atomic mass is 32.2. The fourth-order valence-corrected chi connectivity index (χ4v) is 4.22. The van der Waals surface area contributed by atoms with Crippen molar-refractivity contribution in [2.75, 3.05) is 5.75 Å². The number of imidazole rings is 1. The number of thioether (sulfide) groups is 1. The number of rotatable bonds is 4. The molecular formula is C21H22N2S. The second-order valence-corrected chi connectivity index (χ2v) is 7.25. The highest BCUT2D eigenvalue weighted by Crippen LogP contribution is 2.39. The van der Waals surface area contributed by atoms with Gasteiger partial charge in [-0.25, -0.2) is 4.98 Å². The summed E-state index contributed by atoms with van der Waals surface area (Å²) in [6, 6.07) is 17.8. The molecule has 1 aliphatic heterocycles. The second kappa shape index (κ2) is 6.48. The summed E-state index contributed by atoms with van der Waals surface area (Å²) in [5.74, 6) is 1.12. The first kappa shape index (κ1) is 15.5. The summed E-state index contributed by atoms with van der Waals surface area (Å²) in [5.41, 5.74) is 7.61. The van der Waals surface area contributed by atoms with Crippen LogP contribution in [0.3, 0.4) is 0 Å². The van der Waals surface area contributed by atoms with Crippen LogP contribution >= 0.6 is 11.8 Å². The Balaban J connectivity index is 1.84. The van der Waals surface area contributed by atoms with E-state index in [2.05, 4.69) is 66.9 Å². The molecule has 0 bridgehead atoms. The van der Waals surface area contributed by atoms with Gasteiger partial charge < -0.3 is 4.57 Å². The van der Waals surface area contributed by atoms with Crippen LogP contribution < -0.4 is 0 Å². The summed E-state index contributed by atoms with van der Waals surface area (Å²) in [4.78, 5) is 4.96. The Bertz CT molecular complexity index is 845. The minimum Gasteiger partial charge on any atom is -0.318 e. The lowest BCUT2D eigenvalue weighted by Gasteiger charge is -2.09. The Morgan fingerprint density at radius 2 is 1.46 bits per heavy atom. The van der Waals surface area contributed by atoms with Crippen molar-refractivity contribution in [2.45, 2.75) is 38.4 Å². The summed E-state index contributed by atoms with van der Waals surface area (Å²) >= 11 is 1.86. The first-order valence-corrected chi connectivity index (χ1v) is 9.70. The average Bonchev–Trinajstić information content (AvgIpc) is 3.23. The normalized spacial score (nSPS) is 13.2. The summed E-state index contributed by atoms with van der Waals surface area (Å²) in [7, 11) is 0. The van der Waals surface area contributed by atoms with Crippen LogP contribution in [0, 0.1) is 0 Å². The summed E-state index contributed by atoms with van der Waals surface area (Å²) in [6.45, 7) is 5.44. The summed E-state index contributed by atoms with van der Waals surface area (Å²) < 4.78 is 2.38. The molecular weight excluding hydrogens is 312 g/mol. The SMILES string of the molecule is CCc1ccc(-c2nc3n(c2-c2ccc(CC)cc2)CCS3)cc1. The van der Waals surface area contributed by atoms with E-state index in [1.54, 1.807) is 0 Å². The highest BCUT2D eigenvalue weighted by molar-refractivity contribution is 7.99. The molecule has 3 aromatic rings. The summed E-state index contributed by atoms with van der Waals surface area (Å²) in [5, 5.41) is 1.15. The van der Waals surface area contributed by atoms with Gasteiger partial charge in [-0.1, -0.05) is 74.1 Å². The van der Waals surface area contributed by atoms with Gasteiger partial charge in [0.15, 0.2) is 5.16 Å². The molecule has 1 aromatic heterocycles. The van der Waals surface area contributed by atoms with Gasteiger partial charge in [-0.3, -0.25) is 0 Å². The maximum Gasteiger partial charge on any atom is 0.169 e. The number of nitrogens with zero attached hydrogens (tertiary/aromatic N) is 2. The first-order chi connectivity index (χ1) is 11.8. The van der Waals surface area contributed by atoms with Crippen LogP contribution in [0.2, 0.25) is 0 Å². The maximum absolute atomic E-state index is 4.96. The molecule has 0 unspecified atom stereocenters. The Morgan fingerprint density at radius 3 is 2.04 bits per heavy atom. The zero-order valence-corrected chi connectivity index (χ0v) is 15.1. The molecule has 0 spiro atoms. The fraction of sp³-hybridized carbons (Fsp3) is 0.286. The Hall–Kier alpha value is -2.00. The molecule has 1 aliphatic rings. The lowest BCUT2D eigenvalue weighted by atomic mass is 10.0. The van der Waals surface area contributed by atoms with Crippen LogP contribution in [0.1, 0.15) is 25.0 Å². The van der Waals surface area contributed by atoms with Gasteiger partial charge in [-0.15, -0.1) is 0 Å². The van der Waals surface area contributed by atoms with Crippen molar-refractivity contribution in [1.29, 1.82) is 0 Å². The van der Waals surface area contributed by atoms with Gasteiger partial charge in [0.2, 0.25) is 0 Å². The van der Waals surface area contributed by atoms with E-state index in [0.29, 0.717) is 0 Å². The van der Waals surface area contributed by atoms with E-state index in [-0.39, 0.29) is 0 Å². The molecule has 2 heterocycles. The molecule has 3 heteroatoms. The molecule has 24 heavy (non-hydrogen) atoms. The third-order valence-electron chi connectivity index (χ3n) is 4.75. The van der Waals surface area contributed by atoms with E-state index < -0.39 is 0 Å². The standard InChI is InChI=1S/C21H22N2S/c1-3-15-5-9-17(10-6-15)19-20(23-13-14-24-21(23)22-19)18-11-7-16(4-2)8-12-18/h5-12H,3-4,13-14H2,1-2H3. The predicted molar refractivity (Wildman–Crippen MR) is 103 cm³/mol. The van der Waals surface area contributed by atoms with Gasteiger partial charge in [-0.2, -0.15) is 0 Å². The van der Waals surface area contributed by atoms with Crippen LogP contribution in [-0.2, 0) is 19.4 Å². The maximum atomic E-state index is 4.96. The van der Waals surface area contributed by atoms with Crippen molar-refractivity contribution in [3.8, 4) is 22.5 Å². The number of aryl methyl sites for hydroxylation is 2. The van der Waals surface area contributed by atoms with Crippen LogP contribution in [0.5, 0.6) is 0 Å². The van der Waals surface area contributed by atoms with E-state index in [9.17, 15) is 0 Å². The Labute approximate surface area is 147 Å². The van der Waals surface area contributed by atoms with E-state index in [1.807, 2.05) is 11.8 Å². The van der Waals surface area contributed by atoms with Gasteiger partial charge in [0.1, 0.15) is 0 Å². The molecule has 0 fully saturated rings. The molecule has 122 valence electrons. The number of hydrogen-bond acceptors (Lipinski definition) is 2. The fourth-order valence-electron chi connectivity index (χ4n) is 3.27. The third kappa shape index (κ3) is 2.67. The quantitative estimate of drug-likeness (QED) is 0.631. The van der Waals surface area contributed by atoms with Gasteiger partial charge in [0.05, 0.1) is 11.4 Å². The number of hydrogen-bond donors (Lipinski definition) is 0. The van der Waals surface area contributed by atoms with Crippen LogP contribution in [0.15, 0.2) is 53.7 Å². The van der Waals surface area contributed by atoms with Crippen LogP contribution in [-0.4, -0.2) is 15.3 Å². The molecule has 0 N–H and O–H groups in total. The highest BCUT2D eigenvalue weighted by Gasteiger charge is 2.23. The van der Waals surface area contributed by atoms with Crippen molar-refractivity contribution in [1.82, 2.24) is 9.55 Å².